The molecule has 9 nitrogen and oxygen atoms in total. The first-order valence-corrected chi connectivity index (χ1v) is 10.8. The lowest BCUT2D eigenvalue weighted by Crippen LogP contribution is -2.47. The van der Waals surface area contributed by atoms with Crippen molar-refractivity contribution >= 4 is 45.6 Å². The summed E-state index contributed by atoms with van der Waals surface area (Å²) in [6.07, 6.45) is 1.86. The monoisotopic (exact) mass is 453 g/mol. The van der Waals surface area contributed by atoms with Gasteiger partial charge in [0.15, 0.2) is 0 Å². The topological polar surface area (TPSA) is 127 Å². The van der Waals surface area contributed by atoms with Crippen molar-refractivity contribution in [1.82, 2.24) is 15.5 Å². The number of benzene rings is 1. The number of carbonyl (C=O) groups is 2. The molecule has 2 N–H and O–H groups in total. The molecule has 1 aromatic heterocycles. The molecule has 2 aromatic rings. The van der Waals surface area contributed by atoms with Crippen LogP contribution in [-0.4, -0.2) is 33.0 Å². The first-order valence-electron chi connectivity index (χ1n) is 9.56. The van der Waals surface area contributed by atoms with E-state index >= 15 is 0 Å². The molecule has 0 aliphatic rings. The molecule has 1 atom stereocenters. The summed E-state index contributed by atoms with van der Waals surface area (Å²) in [5.41, 5.74) is -0.174. The van der Waals surface area contributed by atoms with E-state index in [2.05, 4.69) is 34.7 Å². The molecule has 0 aliphatic heterocycles. The van der Waals surface area contributed by atoms with Gasteiger partial charge in [-0.3, -0.25) is 25.0 Å². The van der Waals surface area contributed by atoms with Crippen molar-refractivity contribution in [3.8, 4) is 0 Å². The van der Waals surface area contributed by atoms with E-state index in [4.69, 9.17) is 11.6 Å². The molecule has 162 valence electrons. The maximum atomic E-state index is 12.8. The fourth-order valence-corrected chi connectivity index (χ4v) is 4.10. The lowest BCUT2D eigenvalue weighted by molar-refractivity contribution is -0.384. The number of carbonyl (C=O) groups excluding carboxylic acids is 2. The maximum Gasteiger partial charge on any atom is 0.270 e. The fraction of sp³-hybridized carbons (Fsp3) is 0.474. The summed E-state index contributed by atoms with van der Waals surface area (Å²) in [6, 6.07) is 2.69. The Bertz CT molecular complexity index is 929. The number of nitro benzene ring substituents is 1. The lowest BCUT2D eigenvalue weighted by Gasteiger charge is -2.21. The van der Waals surface area contributed by atoms with E-state index in [0.29, 0.717) is 5.13 Å². The van der Waals surface area contributed by atoms with E-state index in [9.17, 15) is 19.7 Å². The number of rotatable bonds is 9. The van der Waals surface area contributed by atoms with Crippen molar-refractivity contribution in [2.24, 2.45) is 5.92 Å². The average molecular weight is 454 g/mol. The van der Waals surface area contributed by atoms with Crippen LogP contribution in [0.5, 0.6) is 0 Å². The van der Waals surface area contributed by atoms with Crippen LogP contribution in [0.25, 0.3) is 0 Å². The molecule has 1 unspecified atom stereocenters. The van der Waals surface area contributed by atoms with Crippen molar-refractivity contribution in [2.75, 3.05) is 5.32 Å². The van der Waals surface area contributed by atoms with Gasteiger partial charge in [-0.15, -0.1) is 10.2 Å². The first-order chi connectivity index (χ1) is 14.2. The van der Waals surface area contributed by atoms with E-state index < -0.39 is 22.8 Å². The Labute approximate surface area is 183 Å². The lowest BCUT2D eigenvalue weighted by atomic mass is 10.0. The first kappa shape index (κ1) is 23.7. The molecule has 0 radical (unpaired) electrons. The summed E-state index contributed by atoms with van der Waals surface area (Å²) in [6.45, 7) is 7.72. The maximum absolute atomic E-state index is 12.8. The molecule has 0 saturated heterocycles. The van der Waals surface area contributed by atoms with Crippen LogP contribution < -0.4 is 10.6 Å². The largest absolute Gasteiger partial charge is 0.340 e. The molecule has 0 fully saturated rings. The molecular formula is C19H24ClN5O4S. The Morgan fingerprint density at radius 2 is 1.90 bits per heavy atom. The van der Waals surface area contributed by atoms with E-state index in [1.54, 1.807) is 13.8 Å². The van der Waals surface area contributed by atoms with Gasteiger partial charge in [0.1, 0.15) is 11.0 Å². The minimum absolute atomic E-state index is 0.0488. The summed E-state index contributed by atoms with van der Waals surface area (Å²) in [5.74, 6) is -0.961. The Balaban J connectivity index is 2.13. The molecule has 0 aliphatic carbocycles. The number of hydrogen-bond acceptors (Lipinski definition) is 7. The van der Waals surface area contributed by atoms with Gasteiger partial charge in [0.2, 0.25) is 11.0 Å². The van der Waals surface area contributed by atoms with Gasteiger partial charge in [0.05, 0.1) is 15.5 Å². The molecular weight excluding hydrogens is 430 g/mol. The third kappa shape index (κ3) is 5.73. The van der Waals surface area contributed by atoms with Crippen molar-refractivity contribution in [2.45, 2.75) is 52.5 Å². The van der Waals surface area contributed by atoms with Gasteiger partial charge in [0.25, 0.3) is 11.6 Å². The zero-order valence-electron chi connectivity index (χ0n) is 17.1. The van der Waals surface area contributed by atoms with Gasteiger partial charge in [-0.25, -0.2) is 0 Å². The number of nitrogens with zero attached hydrogens (tertiary/aromatic N) is 3. The van der Waals surface area contributed by atoms with Crippen LogP contribution in [-0.2, 0) is 4.79 Å². The Morgan fingerprint density at radius 1 is 1.23 bits per heavy atom. The highest BCUT2D eigenvalue weighted by Gasteiger charge is 2.27. The standard InChI is InChI=1S/C19H24ClN5O4S/c1-5-11(6-2)18-23-24-19(30-18)22-17(27)15(10(3)4)21-16(26)13-8-7-12(25(28)29)9-14(13)20/h7-11,15H,5-6H2,1-4H3,(H,21,26)(H,22,24,27). The second-order valence-corrected chi connectivity index (χ2v) is 8.48. The van der Waals surface area contributed by atoms with E-state index in [1.165, 1.54) is 23.5 Å². The van der Waals surface area contributed by atoms with Gasteiger partial charge < -0.3 is 5.32 Å². The van der Waals surface area contributed by atoms with Crippen LogP contribution in [0.4, 0.5) is 10.8 Å². The van der Waals surface area contributed by atoms with E-state index in [0.717, 1.165) is 23.9 Å². The third-order valence-corrected chi connectivity index (χ3v) is 5.96. The SMILES string of the molecule is CCC(CC)c1nnc(NC(=O)C(NC(=O)c2ccc([N+](=O)[O-])cc2Cl)C(C)C)s1. The number of hydrogen-bond donors (Lipinski definition) is 2. The Kier molecular flexibility index (Phi) is 8.24. The van der Waals surface area contributed by atoms with Crippen LogP contribution in [0.2, 0.25) is 5.02 Å². The van der Waals surface area contributed by atoms with Gasteiger partial charge >= 0.3 is 0 Å². The second kappa shape index (κ2) is 10.4. The number of amides is 2. The second-order valence-electron chi connectivity index (χ2n) is 7.06. The smallest absolute Gasteiger partial charge is 0.270 e. The van der Waals surface area contributed by atoms with Crippen LogP contribution in [0.3, 0.4) is 0 Å². The molecule has 1 heterocycles. The Morgan fingerprint density at radius 3 is 2.43 bits per heavy atom. The molecule has 0 saturated carbocycles. The van der Waals surface area contributed by atoms with Crippen LogP contribution >= 0.6 is 22.9 Å². The minimum atomic E-state index is -0.857. The molecule has 1 aromatic carbocycles. The quantitative estimate of drug-likeness (QED) is 0.428. The number of nitrogens with one attached hydrogen (secondary N) is 2. The zero-order chi connectivity index (χ0) is 22.4. The number of nitro groups is 1. The Hall–Kier alpha value is -2.59. The number of halogens is 1. The molecule has 2 amide bonds. The number of anilines is 1. The highest BCUT2D eigenvalue weighted by Crippen LogP contribution is 2.28. The van der Waals surface area contributed by atoms with Gasteiger partial charge in [0, 0.05) is 18.1 Å². The number of non-ortho nitro benzene ring substituents is 1. The predicted octanol–water partition coefficient (Wildman–Crippen LogP) is 4.40. The van der Waals surface area contributed by atoms with Crippen molar-refractivity contribution in [3.63, 3.8) is 0 Å². The molecule has 0 spiro atoms. The van der Waals surface area contributed by atoms with Gasteiger partial charge in [-0.2, -0.15) is 0 Å². The van der Waals surface area contributed by atoms with E-state index in [1.807, 2.05) is 0 Å². The van der Waals surface area contributed by atoms with Crippen LogP contribution in [0.1, 0.15) is 61.8 Å². The van der Waals surface area contributed by atoms with Gasteiger partial charge in [-0.1, -0.05) is 50.6 Å². The fourth-order valence-electron chi connectivity index (χ4n) is 2.83. The van der Waals surface area contributed by atoms with Crippen molar-refractivity contribution < 1.29 is 14.5 Å². The summed E-state index contributed by atoms with van der Waals surface area (Å²) < 4.78 is 0. The highest BCUT2D eigenvalue weighted by molar-refractivity contribution is 7.15. The average Bonchev–Trinajstić information content (AvgIpc) is 3.14. The predicted molar refractivity (Wildman–Crippen MR) is 116 cm³/mol. The molecule has 0 bridgehead atoms. The summed E-state index contributed by atoms with van der Waals surface area (Å²) in [4.78, 5) is 35.6. The zero-order valence-corrected chi connectivity index (χ0v) is 18.7. The molecule has 2 rings (SSSR count). The minimum Gasteiger partial charge on any atom is -0.340 e. The van der Waals surface area contributed by atoms with Crippen molar-refractivity contribution in [1.29, 1.82) is 0 Å². The van der Waals surface area contributed by atoms with Crippen molar-refractivity contribution in [3.05, 3.63) is 43.9 Å². The van der Waals surface area contributed by atoms with Gasteiger partial charge in [-0.05, 0) is 24.8 Å². The highest BCUT2D eigenvalue weighted by atomic mass is 35.5. The summed E-state index contributed by atoms with van der Waals surface area (Å²) in [7, 11) is 0. The molecule has 30 heavy (non-hydrogen) atoms. The summed E-state index contributed by atoms with van der Waals surface area (Å²) in [5, 5.41) is 25.5. The molecule has 11 heteroatoms. The summed E-state index contributed by atoms with van der Waals surface area (Å²) >= 11 is 7.34. The third-order valence-electron chi connectivity index (χ3n) is 4.65. The van der Waals surface area contributed by atoms with Crippen LogP contribution in [0.15, 0.2) is 18.2 Å². The number of aromatic nitrogens is 2. The van der Waals surface area contributed by atoms with E-state index in [-0.39, 0.29) is 28.1 Å². The normalized spacial score (nSPS) is 12.1. The van der Waals surface area contributed by atoms with Crippen LogP contribution in [0, 0.1) is 16.0 Å².